The van der Waals surface area contributed by atoms with Crippen LogP contribution in [0.15, 0.2) is 12.1 Å². The average molecular weight is 271 g/mol. The summed E-state index contributed by atoms with van der Waals surface area (Å²) < 4.78 is 38.1. The van der Waals surface area contributed by atoms with Crippen molar-refractivity contribution in [3.8, 4) is 6.07 Å². The van der Waals surface area contributed by atoms with Gasteiger partial charge in [-0.3, -0.25) is 0 Å². The SMILES string of the molecule is CCC(C)N(CC)c1nc(C(F)(F)F)ccc1C#N. The maximum absolute atomic E-state index is 12.7. The van der Waals surface area contributed by atoms with Crippen LogP contribution in [0.2, 0.25) is 0 Å². The molecule has 1 heterocycles. The standard InChI is InChI=1S/C13H16F3N3/c1-4-9(3)19(5-2)12-10(8-17)6-7-11(18-12)13(14,15)16/h6-7,9H,4-5H2,1-3H3. The zero-order valence-electron chi connectivity index (χ0n) is 11.1. The van der Waals surface area contributed by atoms with Crippen LogP contribution in [0.3, 0.4) is 0 Å². The van der Waals surface area contributed by atoms with Gasteiger partial charge < -0.3 is 4.90 Å². The maximum atomic E-state index is 12.7. The molecule has 0 N–H and O–H groups in total. The Balaban J connectivity index is 3.34. The Hall–Kier alpha value is -1.77. The van der Waals surface area contributed by atoms with E-state index in [9.17, 15) is 13.2 Å². The lowest BCUT2D eigenvalue weighted by atomic mass is 10.1. The lowest BCUT2D eigenvalue weighted by Crippen LogP contribution is -2.34. The van der Waals surface area contributed by atoms with Gasteiger partial charge in [-0.15, -0.1) is 0 Å². The van der Waals surface area contributed by atoms with Crippen molar-refractivity contribution < 1.29 is 13.2 Å². The molecule has 0 bridgehead atoms. The molecule has 0 aliphatic carbocycles. The van der Waals surface area contributed by atoms with Crippen molar-refractivity contribution >= 4 is 5.82 Å². The van der Waals surface area contributed by atoms with E-state index in [2.05, 4.69) is 4.98 Å². The number of hydrogen-bond acceptors (Lipinski definition) is 3. The van der Waals surface area contributed by atoms with E-state index in [1.807, 2.05) is 26.8 Å². The second-order valence-corrected chi connectivity index (χ2v) is 4.22. The number of anilines is 1. The van der Waals surface area contributed by atoms with Gasteiger partial charge in [0.1, 0.15) is 17.6 Å². The predicted molar refractivity (Wildman–Crippen MR) is 66.7 cm³/mol. The zero-order valence-corrected chi connectivity index (χ0v) is 11.1. The van der Waals surface area contributed by atoms with Crippen LogP contribution in [0.4, 0.5) is 19.0 Å². The summed E-state index contributed by atoms with van der Waals surface area (Å²) in [6, 6.07) is 3.93. The van der Waals surface area contributed by atoms with Gasteiger partial charge in [-0.05, 0) is 32.4 Å². The fourth-order valence-electron chi connectivity index (χ4n) is 1.80. The Labute approximate surface area is 110 Å². The third-order valence-corrected chi connectivity index (χ3v) is 3.02. The highest BCUT2D eigenvalue weighted by atomic mass is 19.4. The Morgan fingerprint density at radius 3 is 2.42 bits per heavy atom. The van der Waals surface area contributed by atoms with Crippen molar-refractivity contribution in [1.82, 2.24) is 4.98 Å². The number of alkyl halides is 3. The minimum Gasteiger partial charge on any atom is -0.353 e. The zero-order chi connectivity index (χ0) is 14.6. The summed E-state index contributed by atoms with van der Waals surface area (Å²) in [7, 11) is 0. The molecule has 1 aromatic heterocycles. The molecule has 3 nitrogen and oxygen atoms in total. The monoisotopic (exact) mass is 271 g/mol. The fraction of sp³-hybridized carbons (Fsp3) is 0.538. The molecule has 0 aromatic carbocycles. The summed E-state index contributed by atoms with van der Waals surface area (Å²) in [5.41, 5.74) is -0.807. The maximum Gasteiger partial charge on any atom is 0.433 e. The predicted octanol–water partition coefficient (Wildman–Crippen LogP) is 3.60. The van der Waals surface area contributed by atoms with Gasteiger partial charge >= 0.3 is 6.18 Å². The third kappa shape index (κ3) is 3.37. The minimum absolute atomic E-state index is 0.0214. The number of halogens is 3. The highest BCUT2D eigenvalue weighted by Crippen LogP contribution is 2.31. The fourth-order valence-corrected chi connectivity index (χ4v) is 1.80. The van der Waals surface area contributed by atoms with Crippen molar-refractivity contribution in [2.45, 2.75) is 39.4 Å². The molecule has 1 rings (SSSR count). The van der Waals surface area contributed by atoms with E-state index < -0.39 is 11.9 Å². The van der Waals surface area contributed by atoms with E-state index in [1.165, 1.54) is 6.07 Å². The molecular weight excluding hydrogens is 255 g/mol. The molecule has 0 spiro atoms. The molecule has 0 fully saturated rings. The Bertz CT molecular complexity index is 477. The highest BCUT2D eigenvalue weighted by molar-refractivity contribution is 5.55. The normalized spacial score (nSPS) is 12.9. The Morgan fingerprint density at radius 1 is 1.37 bits per heavy atom. The summed E-state index contributed by atoms with van der Waals surface area (Å²) in [6.45, 7) is 6.16. The molecule has 0 aliphatic rings. The van der Waals surface area contributed by atoms with Crippen LogP contribution in [0.5, 0.6) is 0 Å². The summed E-state index contributed by atoms with van der Waals surface area (Å²) in [4.78, 5) is 5.35. The third-order valence-electron chi connectivity index (χ3n) is 3.02. The lowest BCUT2D eigenvalue weighted by Gasteiger charge is -2.29. The largest absolute Gasteiger partial charge is 0.433 e. The minimum atomic E-state index is -4.50. The van der Waals surface area contributed by atoms with Crippen LogP contribution >= 0.6 is 0 Å². The molecule has 0 saturated heterocycles. The van der Waals surface area contributed by atoms with Gasteiger partial charge in [0, 0.05) is 12.6 Å². The van der Waals surface area contributed by atoms with Crippen LogP contribution in [-0.4, -0.2) is 17.6 Å². The molecule has 19 heavy (non-hydrogen) atoms. The molecule has 0 saturated carbocycles. The molecule has 1 atom stereocenters. The van der Waals surface area contributed by atoms with Gasteiger partial charge in [-0.1, -0.05) is 6.92 Å². The van der Waals surface area contributed by atoms with E-state index in [0.29, 0.717) is 6.54 Å². The number of nitrogens with zero attached hydrogens (tertiary/aromatic N) is 3. The van der Waals surface area contributed by atoms with Gasteiger partial charge in [0.25, 0.3) is 0 Å². The molecule has 1 unspecified atom stereocenters. The van der Waals surface area contributed by atoms with Crippen molar-refractivity contribution in [3.05, 3.63) is 23.4 Å². The van der Waals surface area contributed by atoms with Gasteiger partial charge in [0.2, 0.25) is 0 Å². The lowest BCUT2D eigenvalue weighted by molar-refractivity contribution is -0.141. The molecular formula is C13H16F3N3. The van der Waals surface area contributed by atoms with Crippen LogP contribution < -0.4 is 4.90 Å². The first-order chi connectivity index (χ1) is 8.85. The summed E-state index contributed by atoms with van der Waals surface area (Å²) in [5, 5.41) is 9.01. The van der Waals surface area contributed by atoms with Gasteiger partial charge in [-0.25, -0.2) is 4.98 Å². The first kappa shape index (κ1) is 15.3. The second kappa shape index (κ2) is 5.91. The second-order valence-electron chi connectivity index (χ2n) is 4.22. The summed E-state index contributed by atoms with van der Waals surface area (Å²) in [6.07, 6.45) is -3.74. The summed E-state index contributed by atoms with van der Waals surface area (Å²) >= 11 is 0. The number of aromatic nitrogens is 1. The van der Waals surface area contributed by atoms with Crippen LogP contribution in [0.1, 0.15) is 38.4 Å². The smallest absolute Gasteiger partial charge is 0.353 e. The Morgan fingerprint density at radius 2 is 2.00 bits per heavy atom. The average Bonchev–Trinajstić information content (AvgIpc) is 2.38. The number of rotatable bonds is 4. The molecule has 0 radical (unpaired) electrons. The number of pyridine rings is 1. The van der Waals surface area contributed by atoms with Crippen molar-refractivity contribution in [2.75, 3.05) is 11.4 Å². The van der Waals surface area contributed by atoms with E-state index >= 15 is 0 Å². The van der Waals surface area contributed by atoms with Crippen LogP contribution in [0.25, 0.3) is 0 Å². The van der Waals surface area contributed by atoms with Crippen LogP contribution in [0, 0.1) is 11.3 Å². The molecule has 104 valence electrons. The quantitative estimate of drug-likeness (QED) is 0.840. The van der Waals surface area contributed by atoms with Crippen molar-refractivity contribution in [3.63, 3.8) is 0 Å². The molecule has 0 amide bonds. The van der Waals surface area contributed by atoms with E-state index in [1.54, 1.807) is 4.90 Å². The highest BCUT2D eigenvalue weighted by Gasteiger charge is 2.33. The molecule has 0 aliphatic heterocycles. The van der Waals surface area contributed by atoms with Gasteiger partial charge in [-0.2, -0.15) is 18.4 Å². The first-order valence-electron chi connectivity index (χ1n) is 6.10. The molecule has 6 heteroatoms. The van der Waals surface area contributed by atoms with E-state index in [-0.39, 0.29) is 17.4 Å². The van der Waals surface area contributed by atoms with Gasteiger partial charge in [0.05, 0.1) is 5.56 Å². The van der Waals surface area contributed by atoms with Crippen molar-refractivity contribution in [1.29, 1.82) is 5.26 Å². The number of nitriles is 1. The summed E-state index contributed by atoms with van der Waals surface area (Å²) in [5.74, 6) is 0.106. The van der Waals surface area contributed by atoms with E-state index in [0.717, 1.165) is 12.5 Å². The molecule has 1 aromatic rings. The number of hydrogen-bond donors (Lipinski definition) is 0. The van der Waals surface area contributed by atoms with Gasteiger partial charge in [0.15, 0.2) is 0 Å². The first-order valence-corrected chi connectivity index (χ1v) is 6.10. The van der Waals surface area contributed by atoms with E-state index in [4.69, 9.17) is 5.26 Å². The Kier molecular flexibility index (Phi) is 4.76. The van der Waals surface area contributed by atoms with Crippen molar-refractivity contribution in [2.24, 2.45) is 0 Å². The topological polar surface area (TPSA) is 39.9 Å². The van der Waals surface area contributed by atoms with Crippen LogP contribution in [-0.2, 0) is 6.18 Å².